The quantitative estimate of drug-likeness (QED) is 0.283. The molecule has 0 spiro atoms. The molecule has 0 fully saturated rings. The highest BCUT2D eigenvalue weighted by Crippen LogP contribution is 2.30. The van der Waals surface area contributed by atoms with Gasteiger partial charge in [0.05, 0.1) is 10.6 Å². The lowest BCUT2D eigenvalue weighted by molar-refractivity contribution is -0.129. The van der Waals surface area contributed by atoms with Crippen LogP contribution in [0, 0.1) is 0 Å². The summed E-state index contributed by atoms with van der Waals surface area (Å²) in [5.41, 5.74) is 2.71. The molecule has 0 aromatic heterocycles. The Morgan fingerprint density at radius 2 is 1.59 bits per heavy atom. The zero-order chi connectivity index (χ0) is 21.1. The molecule has 0 saturated carbocycles. The first-order valence-corrected chi connectivity index (χ1v) is 10.1. The number of allylic oxidation sites excluding steroid dienone is 3. The van der Waals surface area contributed by atoms with Crippen molar-refractivity contribution >= 4 is 17.6 Å². The molecule has 0 bridgehead atoms. The van der Waals surface area contributed by atoms with Crippen molar-refractivity contribution in [2.24, 2.45) is 0 Å². The molecule has 2 aromatic carbocycles. The Kier molecular flexibility index (Phi) is 9.42. The van der Waals surface area contributed by atoms with E-state index in [9.17, 15) is 4.79 Å². The van der Waals surface area contributed by atoms with E-state index in [0.29, 0.717) is 10.8 Å². The number of rotatable bonds is 4. The van der Waals surface area contributed by atoms with Crippen molar-refractivity contribution < 1.29 is 9.53 Å². The number of halogens is 1. The molecular formula is C25H28ClNO2. The van der Waals surface area contributed by atoms with Gasteiger partial charge in [0.2, 0.25) is 0 Å². The lowest BCUT2D eigenvalue weighted by Crippen LogP contribution is -2.20. The largest absolute Gasteiger partial charge is 0.421 e. The van der Waals surface area contributed by atoms with Crippen LogP contribution in [-0.4, -0.2) is 31.0 Å². The predicted octanol–water partition coefficient (Wildman–Crippen LogP) is 5.65. The van der Waals surface area contributed by atoms with Crippen molar-refractivity contribution in [1.82, 2.24) is 4.90 Å². The fraction of sp³-hybridized carbons (Fsp3) is 0.240. The van der Waals surface area contributed by atoms with Gasteiger partial charge in [0.15, 0.2) is 0 Å². The number of hydrogen-bond donors (Lipinski definition) is 0. The number of nitrogens with zero attached hydrogens (tertiary/aromatic N) is 1. The SMILES string of the molecule is C=C(/C=C\C=C/C)C(=O)Oc1cc2c(cc1Cl)CCN(C)CC2.c1ccccc1. The number of esters is 1. The Hall–Kier alpha value is -2.62. The summed E-state index contributed by atoms with van der Waals surface area (Å²) in [5.74, 6) is -0.0844. The summed E-state index contributed by atoms with van der Waals surface area (Å²) in [6, 6.07) is 15.8. The van der Waals surface area contributed by atoms with E-state index in [-0.39, 0.29) is 5.57 Å². The van der Waals surface area contributed by atoms with Gasteiger partial charge < -0.3 is 9.64 Å². The second-order valence-corrected chi connectivity index (χ2v) is 7.22. The molecule has 0 N–H and O–H groups in total. The molecule has 0 saturated heterocycles. The Morgan fingerprint density at radius 1 is 1.03 bits per heavy atom. The zero-order valence-corrected chi connectivity index (χ0v) is 17.9. The minimum atomic E-state index is -0.488. The zero-order valence-electron chi connectivity index (χ0n) is 17.1. The van der Waals surface area contributed by atoms with E-state index in [1.54, 1.807) is 12.2 Å². The lowest BCUT2D eigenvalue weighted by atomic mass is 10.0. The van der Waals surface area contributed by atoms with Gasteiger partial charge in [0, 0.05) is 13.1 Å². The number of benzene rings is 2. The van der Waals surface area contributed by atoms with Crippen LogP contribution < -0.4 is 4.74 Å². The van der Waals surface area contributed by atoms with Crippen LogP contribution in [0.1, 0.15) is 18.1 Å². The van der Waals surface area contributed by atoms with Crippen LogP contribution in [0.5, 0.6) is 5.75 Å². The predicted molar refractivity (Wildman–Crippen MR) is 122 cm³/mol. The maximum atomic E-state index is 12.1. The maximum Gasteiger partial charge on any atom is 0.342 e. The van der Waals surface area contributed by atoms with Gasteiger partial charge in [-0.05, 0) is 56.1 Å². The molecule has 4 heteroatoms. The molecule has 0 unspecified atom stereocenters. The van der Waals surface area contributed by atoms with Gasteiger partial charge in [-0.25, -0.2) is 4.79 Å². The molecule has 152 valence electrons. The summed E-state index contributed by atoms with van der Waals surface area (Å²) >= 11 is 6.28. The first-order chi connectivity index (χ1) is 14.0. The molecule has 0 atom stereocenters. The summed E-state index contributed by atoms with van der Waals surface area (Å²) in [5, 5.41) is 0.465. The first-order valence-electron chi connectivity index (χ1n) is 9.71. The highest BCUT2D eigenvalue weighted by molar-refractivity contribution is 6.32. The van der Waals surface area contributed by atoms with Crippen molar-refractivity contribution in [2.75, 3.05) is 20.1 Å². The van der Waals surface area contributed by atoms with E-state index in [2.05, 4.69) is 18.5 Å². The Balaban J connectivity index is 0.000000426. The number of carbonyl (C=O) groups excluding carboxylic acids is 1. The normalized spacial score (nSPS) is 14.0. The van der Waals surface area contributed by atoms with Crippen LogP contribution in [0.25, 0.3) is 0 Å². The number of ether oxygens (including phenoxy) is 1. The number of hydrogen-bond acceptors (Lipinski definition) is 3. The average Bonchev–Trinajstić information content (AvgIpc) is 2.91. The van der Waals surface area contributed by atoms with Crippen molar-refractivity contribution in [3.8, 4) is 5.75 Å². The second-order valence-electron chi connectivity index (χ2n) is 6.81. The number of likely N-dealkylation sites (N-methyl/N-ethyl adjacent to an activating group) is 1. The van der Waals surface area contributed by atoms with Gasteiger partial charge in [-0.2, -0.15) is 0 Å². The summed E-state index contributed by atoms with van der Waals surface area (Å²) in [7, 11) is 2.11. The number of carbonyl (C=O) groups is 1. The monoisotopic (exact) mass is 409 g/mol. The fourth-order valence-electron chi connectivity index (χ4n) is 2.82. The Bertz CT molecular complexity index is 845. The summed E-state index contributed by atoms with van der Waals surface area (Å²) in [6.07, 6.45) is 8.95. The van der Waals surface area contributed by atoms with Gasteiger partial charge in [-0.3, -0.25) is 0 Å². The van der Waals surface area contributed by atoms with E-state index >= 15 is 0 Å². The van der Waals surface area contributed by atoms with Crippen LogP contribution in [-0.2, 0) is 17.6 Å². The molecule has 1 heterocycles. The summed E-state index contributed by atoms with van der Waals surface area (Å²) in [4.78, 5) is 14.4. The van der Waals surface area contributed by atoms with Crippen LogP contribution in [0.4, 0.5) is 0 Å². The Labute approximate surface area is 179 Å². The fourth-order valence-corrected chi connectivity index (χ4v) is 3.04. The van der Waals surface area contributed by atoms with Gasteiger partial charge >= 0.3 is 5.97 Å². The second kappa shape index (κ2) is 12.1. The van der Waals surface area contributed by atoms with Crippen LogP contribution in [0.15, 0.2) is 85.0 Å². The topological polar surface area (TPSA) is 29.5 Å². The van der Waals surface area contributed by atoms with Crippen LogP contribution in [0.3, 0.4) is 0 Å². The van der Waals surface area contributed by atoms with Crippen molar-refractivity contribution in [2.45, 2.75) is 19.8 Å². The Morgan fingerprint density at radius 3 is 2.14 bits per heavy atom. The minimum absolute atomic E-state index is 0.286. The van der Waals surface area contributed by atoms with Gasteiger partial charge in [-0.15, -0.1) is 0 Å². The average molecular weight is 410 g/mol. The third kappa shape index (κ3) is 7.72. The molecule has 29 heavy (non-hydrogen) atoms. The molecule has 0 amide bonds. The molecule has 2 aromatic rings. The van der Waals surface area contributed by atoms with E-state index in [4.69, 9.17) is 16.3 Å². The van der Waals surface area contributed by atoms with Crippen molar-refractivity contribution in [1.29, 1.82) is 0 Å². The highest BCUT2D eigenvalue weighted by atomic mass is 35.5. The smallest absolute Gasteiger partial charge is 0.342 e. The van der Waals surface area contributed by atoms with E-state index in [1.807, 2.05) is 67.6 Å². The summed E-state index contributed by atoms with van der Waals surface area (Å²) in [6.45, 7) is 7.62. The number of fused-ring (bicyclic) bond motifs is 1. The van der Waals surface area contributed by atoms with Gasteiger partial charge in [0.1, 0.15) is 5.75 Å². The van der Waals surface area contributed by atoms with Gasteiger partial charge in [0.25, 0.3) is 0 Å². The third-order valence-corrected chi connectivity index (χ3v) is 4.81. The molecule has 0 radical (unpaired) electrons. The van der Waals surface area contributed by atoms with E-state index < -0.39 is 5.97 Å². The first kappa shape index (κ1) is 22.7. The molecule has 0 aliphatic carbocycles. The van der Waals surface area contributed by atoms with E-state index in [1.165, 1.54) is 11.1 Å². The van der Waals surface area contributed by atoms with Crippen molar-refractivity contribution in [3.05, 3.63) is 101 Å². The maximum absolute atomic E-state index is 12.1. The van der Waals surface area contributed by atoms with Crippen LogP contribution in [0.2, 0.25) is 5.02 Å². The lowest BCUT2D eigenvalue weighted by Gasteiger charge is -2.11. The molecule has 1 aliphatic rings. The molecule has 3 rings (SSSR count). The molecular weight excluding hydrogens is 382 g/mol. The standard InChI is InChI=1S/C19H22ClNO2.C6H6/c1-4-5-6-7-14(2)19(22)23-18-13-16-9-11-21(3)10-8-15(16)12-17(18)20;1-2-4-6-5-3-1/h4-7,12-13H,2,8-11H2,1,3H3;1-6H/b5-4-,7-6-;. The van der Waals surface area contributed by atoms with Crippen molar-refractivity contribution in [3.63, 3.8) is 0 Å². The van der Waals surface area contributed by atoms with Crippen LogP contribution >= 0.6 is 11.6 Å². The summed E-state index contributed by atoms with van der Waals surface area (Å²) < 4.78 is 5.41. The highest BCUT2D eigenvalue weighted by Gasteiger charge is 2.17. The van der Waals surface area contributed by atoms with Gasteiger partial charge in [-0.1, -0.05) is 72.8 Å². The van der Waals surface area contributed by atoms with E-state index in [0.717, 1.165) is 25.9 Å². The molecule has 3 nitrogen and oxygen atoms in total. The minimum Gasteiger partial charge on any atom is -0.421 e. The molecule has 1 aliphatic heterocycles. The third-order valence-electron chi connectivity index (χ3n) is 4.51.